The molecule has 4 aliphatic carbocycles. The fourth-order valence-corrected chi connectivity index (χ4v) is 17.1. The molecular formula is C55H90O26. The third-order valence-electron chi connectivity index (χ3n) is 21.7. The van der Waals surface area contributed by atoms with Gasteiger partial charge < -0.3 is 128 Å². The zero-order valence-corrected chi connectivity index (χ0v) is 46.4. The van der Waals surface area contributed by atoms with Crippen LogP contribution in [0.4, 0.5) is 0 Å². The minimum atomic E-state index is -2.11. The molecule has 7 heterocycles. The number of ether oxygens (including phenoxy) is 12. The molecule has 11 aliphatic rings. The van der Waals surface area contributed by atoms with E-state index in [1.165, 1.54) is 0 Å². The van der Waals surface area contributed by atoms with Gasteiger partial charge in [0.2, 0.25) is 0 Å². The second-order valence-electron chi connectivity index (χ2n) is 26.2. The van der Waals surface area contributed by atoms with Crippen molar-refractivity contribution in [3.8, 4) is 0 Å². The smallest absolute Gasteiger partial charge is 0.187 e. The quantitative estimate of drug-likeness (QED) is 0.0786. The first kappa shape index (κ1) is 61.6. The molecule has 0 aromatic carbocycles. The lowest BCUT2D eigenvalue weighted by Gasteiger charge is -2.61. The topological polar surface area (TPSA) is 394 Å². The van der Waals surface area contributed by atoms with Crippen LogP contribution in [0, 0.1) is 52.3 Å². The van der Waals surface area contributed by atoms with Crippen LogP contribution >= 0.6 is 0 Å². The second kappa shape index (κ2) is 24.2. The number of fused-ring (bicyclic) bond motifs is 7. The SMILES string of the molecule is C[C@@H]1CC[C@@]2(OC1)O[C@H]1C[C@H]3[C@@H]4CC[C@H]5C[C@@H](O[C@@H]6O[C@H](CO)[C@H](O[C@@H]7O[C@H](CO)[C@@H](O)[C@H](O[C@@H]8OC[C@@H](O)[C@H](O)[C@H]8O)[C@H]7O[C@@H]7O[C@H](CO)[C@@H](O)[C@H](O[C@@H]8OC[C@@H](O)[C@H](O)[C@H]8O)[C@H]7O)[C@H](O)[C@H]6O)CC[C@]5(C)[C@H]4CC[C@]3(C)[C@H]1[C@@H]2C. The van der Waals surface area contributed by atoms with Crippen LogP contribution in [-0.2, 0) is 56.8 Å². The highest BCUT2D eigenvalue weighted by atomic mass is 16.8. The fraction of sp³-hybridized carbons (Fsp3) is 1.00. The minimum Gasteiger partial charge on any atom is -0.394 e. The highest BCUT2D eigenvalue weighted by molar-refractivity contribution is 5.16. The van der Waals surface area contributed by atoms with Crippen molar-refractivity contribution in [3.05, 3.63) is 0 Å². The number of aliphatic hydroxyl groups excluding tert-OH is 14. The zero-order chi connectivity index (χ0) is 57.8. The van der Waals surface area contributed by atoms with E-state index >= 15 is 0 Å². The van der Waals surface area contributed by atoms with Crippen molar-refractivity contribution in [2.24, 2.45) is 52.3 Å². The Bertz CT molecular complexity index is 2090. The summed E-state index contributed by atoms with van der Waals surface area (Å²) in [5.74, 6) is 2.89. The lowest BCUT2D eigenvalue weighted by molar-refractivity contribution is -0.408. The summed E-state index contributed by atoms with van der Waals surface area (Å²) in [5.41, 5.74) is 0.239. The molecule has 0 aromatic rings. The van der Waals surface area contributed by atoms with E-state index in [1.54, 1.807) is 0 Å². The van der Waals surface area contributed by atoms with Gasteiger partial charge in [0.25, 0.3) is 0 Å². The Kier molecular flexibility index (Phi) is 18.4. The van der Waals surface area contributed by atoms with Gasteiger partial charge in [-0.2, -0.15) is 0 Å². The van der Waals surface area contributed by atoms with Crippen LogP contribution < -0.4 is 0 Å². The Morgan fingerprint density at radius 3 is 1.64 bits per heavy atom. The van der Waals surface area contributed by atoms with Gasteiger partial charge in [-0.25, -0.2) is 0 Å². The van der Waals surface area contributed by atoms with E-state index in [1.807, 2.05) is 0 Å². The van der Waals surface area contributed by atoms with Gasteiger partial charge in [0.15, 0.2) is 37.2 Å². The van der Waals surface area contributed by atoms with E-state index in [0.29, 0.717) is 54.3 Å². The Hall–Kier alpha value is -1.04. The van der Waals surface area contributed by atoms with Gasteiger partial charge in [0, 0.05) is 12.3 Å². The Labute approximate surface area is 470 Å². The molecule has 0 bridgehead atoms. The maximum absolute atomic E-state index is 12.0. The van der Waals surface area contributed by atoms with Crippen molar-refractivity contribution < 1.29 is 128 Å². The summed E-state index contributed by atoms with van der Waals surface area (Å²) in [6.45, 7) is 6.60. The van der Waals surface area contributed by atoms with Crippen molar-refractivity contribution in [1.82, 2.24) is 0 Å². The zero-order valence-electron chi connectivity index (χ0n) is 46.4. The molecule has 81 heavy (non-hydrogen) atoms. The lowest BCUT2D eigenvalue weighted by Crippen LogP contribution is -2.69. The van der Waals surface area contributed by atoms with Crippen molar-refractivity contribution in [2.75, 3.05) is 39.6 Å². The molecule has 0 amide bonds. The van der Waals surface area contributed by atoms with Gasteiger partial charge in [-0.3, -0.25) is 0 Å². The third-order valence-corrected chi connectivity index (χ3v) is 21.7. The van der Waals surface area contributed by atoms with Gasteiger partial charge in [-0.15, -0.1) is 0 Å². The van der Waals surface area contributed by atoms with Crippen LogP contribution in [0.2, 0.25) is 0 Å². The lowest BCUT2D eigenvalue weighted by atomic mass is 9.44. The molecule has 11 rings (SSSR count). The molecule has 0 aromatic heterocycles. The van der Waals surface area contributed by atoms with E-state index in [2.05, 4.69) is 27.7 Å². The maximum Gasteiger partial charge on any atom is 0.187 e. The van der Waals surface area contributed by atoms with Crippen molar-refractivity contribution >= 4 is 0 Å². The molecule has 7 saturated heterocycles. The van der Waals surface area contributed by atoms with Crippen molar-refractivity contribution in [1.29, 1.82) is 0 Å². The normalized spacial score (nSPS) is 57.6. The predicted octanol–water partition coefficient (Wildman–Crippen LogP) is -3.81. The molecule has 14 N–H and O–H groups in total. The standard InChI is InChI=1S/C55H90O26/c1-21-7-12-55(72-18-21)22(2)34-30(81-55)14-27-25-6-5-23-13-24(8-10-53(23,3)26(25)9-11-54(27,34)4)73-50-42(68)39(65)44(33(17-58)76-50)77-52-47(46(38(64)32(16-57)75-52)79-49-41(67)36(62)29(60)20-71-49)80-51-43(69)45(37(63)31(15-56)74-51)78-48-40(66)35(61)28(59)19-70-48/h21-52,56-69H,5-20H2,1-4H3/t21-,22+,23+,24+,25-,26+,27+,28-,29-,30+,31-,32-,33-,34+,35+,36+,37-,38-,39-,40-,41-,42-,43-,44+,45+,46+,47-,48+,49+,50-,51+,52+,53+,54+,55-/m1/s1. The van der Waals surface area contributed by atoms with Gasteiger partial charge in [0.1, 0.15) is 110 Å². The predicted molar refractivity (Wildman–Crippen MR) is 269 cm³/mol. The monoisotopic (exact) mass is 1170 g/mol. The Balaban J connectivity index is 0.780. The fourth-order valence-electron chi connectivity index (χ4n) is 17.1. The van der Waals surface area contributed by atoms with E-state index in [0.717, 1.165) is 58.0 Å². The van der Waals surface area contributed by atoms with Gasteiger partial charge in [-0.05, 0) is 104 Å². The molecule has 26 nitrogen and oxygen atoms in total. The van der Waals surface area contributed by atoms with Crippen molar-refractivity contribution in [2.45, 2.75) is 251 Å². The largest absolute Gasteiger partial charge is 0.394 e. The summed E-state index contributed by atoms with van der Waals surface area (Å²) in [6.07, 6.45) is -31.5. The van der Waals surface area contributed by atoms with Gasteiger partial charge >= 0.3 is 0 Å². The molecule has 466 valence electrons. The number of aliphatic hydroxyl groups is 14. The maximum atomic E-state index is 12.0. The molecule has 7 aliphatic heterocycles. The molecule has 4 saturated carbocycles. The van der Waals surface area contributed by atoms with Gasteiger partial charge in [-0.1, -0.05) is 27.7 Å². The first-order valence-electron chi connectivity index (χ1n) is 29.7. The highest BCUT2D eigenvalue weighted by Crippen LogP contribution is 2.71. The summed E-state index contributed by atoms with van der Waals surface area (Å²) in [6, 6.07) is 0. The van der Waals surface area contributed by atoms with Crippen molar-refractivity contribution in [3.63, 3.8) is 0 Å². The molecule has 11 fully saturated rings. The van der Waals surface area contributed by atoms with Gasteiger partial charge in [0.05, 0.1) is 51.8 Å². The Morgan fingerprint density at radius 2 is 1.01 bits per heavy atom. The van der Waals surface area contributed by atoms with Crippen LogP contribution in [-0.4, -0.2) is 270 Å². The second-order valence-corrected chi connectivity index (χ2v) is 26.2. The highest BCUT2D eigenvalue weighted by Gasteiger charge is 2.69. The first-order chi connectivity index (χ1) is 38.6. The van der Waals surface area contributed by atoms with Crippen LogP contribution in [0.15, 0.2) is 0 Å². The first-order valence-corrected chi connectivity index (χ1v) is 29.7. The van der Waals surface area contributed by atoms with Crippen LogP contribution in [0.5, 0.6) is 0 Å². The molecular weight excluding hydrogens is 1080 g/mol. The summed E-state index contributed by atoms with van der Waals surface area (Å²) < 4.78 is 73.3. The Morgan fingerprint density at radius 1 is 0.457 bits per heavy atom. The average molecular weight is 1170 g/mol. The van der Waals surface area contributed by atoms with Crippen LogP contribution in [0.25, 0.3) is 0 Å². The molecule has 26 heteroatoms. The summed E-state index contributed by atoms with van der Waals surface area (Å²) in [4.78, 5) is 0. The summed E-state index contributed by atoms with van der Waals surface area (Å²) in [5, 5.41) is 153. The molecule has 0 radical (unpaired) electrons. The van der Waals surface area contributed by atoms with Crippen LogP contribution in [0.1, 0.15) is 91.9 Å². The molecule has 1 spiro atoms. The summed E-state index contributed by atoms with van der Waals surface area (Å²) >= 11 is 0. The van der Waals surface area contributed by atoms with E-state index in [9.17, 15) is 71.5 Å². The van der Waals surface area contributed by atoms with E-state index in [-0.39, 0.29) is 23.0 Å². The van der Waals surface area contributed by atoms with E-state index in [4.69, 9.17) is 56.8 Å². The molecule has 35 atom stereocenters. The number of hydrogen-bond donors (Lipinski definition) is 14. The number of rotatable bonds is 13. The molecule has 0 unspecified atom stereocenters. The average Bonchev–Trinajstić information content (AvgIpc) is 4.01. The minimum absolute atomic E-state index is 0.0600. The van der Waals surface area contributed by atoms with E-state index < -0.39 is 180 Å². The number of hydrogen-bond acceptors (Lipinski definition) is 26. The third kappa shape index (κ3) is 10.9. The van der Waals surface area contributed by atoms with Crippen LogP contribution in [0.3, 0.4) is 0 Å². The summed E-state index contributed by atoms with van der Waals surface area (Å²) in [7, 11) is 0.